The van der Waals surface area contributed by atoms with Crippen molar-refractivity contribution in [3.05, 3.63) is 84.2 Å². The fourth-order valence-corrected chi connectivity index (χ4v) is 2.14. The number of carbonyl (C=O) groups excluding carboxylic acids is 2. The van der Waals surface area contributed by atoms with Crippen LogP contribution in [-0.4, -0.2) is 21.5 Å². The molecule has 0 radical (unpaired) electrons. The number of pyridine rings is 2. The van der Waals surface area contributed by atoms with Gasteiger partial charge in [0.2, 0.25) is 11.6 Å². The maximum atomic E-state index is 12.5. The first-order chi connectivity index (χ1) is 10.8. The van der Waals surface area contributed by atoms with Gasteiger partial charge in [0.1, 0.15) is 0 Å². The molecular weight excluding hydrogens is 276 g/mol. The van der Waals surface area contributed by atoms with Crippen LogP contribution in [0.15, 0.2) is 73.1 Å². The average molecular weight is 288 g/mol. The molecule has 0 fully saturated rings. The van der Waals surface area contributed by atoms with E-state index in [1.54, 1.807) is 67.0 Å². The molecule has 22 heavy (non-hydrogen) atoms. The number of nitrogens with zero attached hydrogens (tertiary/aromatic N) is 2. The van der Waals surface area contributed by atoms with Crippen LogP contribution in [0.1, 0.15) is 20.7 Å². The number of Topliss-reactive ketones (excluding diaryl/α,β-unsaturated/α-hetero) is 2. The molecule has 2 aromatic heterocycles. The van der Waals surface area contributed by atoms with Gasteiger partial charge in [-0.1, -0.05) is 36.4 Å². The maximum Gasteiger partial charge on any atom is 0.235 e. The fourth-order valence-electron chi connectivity index (χ4n) is 2.14. The highest BCUT2D eigenvalue weighted by Gasteiger charge is 2.22. The molecular formula is C18H12N2O2. The van der Waals surface area contributed by atoms with Crippen molar-refractivity contribution >= 4 is 11.6 Å². The van der Waals surface area contributed by atoms with Crippen molar-refractivity contribution in [3.63, 3.8) is 0 Å². The third-order valence-corrected chi connectivity index (χ3v) is 3.20. The SMILES string of the molecule is O=C(C(=O)c1cccnc1-c1ccccn1)c1ccccc1. The van der Waals surface area contributed by atoms with Crippen LogP contribution in [0.25, 0.3) is 11.4 Å². The van der Waals surface area contributed by atoms with E-state index in [4.69, 9.17) is 0 Å². The Balaban J connectivity index is 2.03. The third kappa shape index (κ3) is 2.67. The molecule has 0 atom stereocenters. The molecule has 3 aromatic rings. The van der Waals surface area contributed by atoms with E-state index in [-0.39, 0.29) is 5.56 Å². The van der Waals surface area contributed by atoms with Gasteiger partial charge in [-0.3, -0.25) is 19.6 Å². The van der Waals surface area contributed by atoms with Crippen LogP contribution in [-0.2, 0) is 0 Å². The highest BCUT2D eigenvalue weighted by molar-refractivity contribution is 6.50. The second-order valence-electron chi connectivity index (χ2n) is 4.64. The molecule has 0 bridgehead atoms. The molecule has 0 N–H and O–H groups in total. The van der Waals surface area contributed by atoms with Gasteiger partial charge in [0.05, 0.1) is 17.0 Å². The Morgan fingerprint density at radius 1 is 0.682 bits per heavy atom. The lowest BCUT2D eigenvalue weighted by Gasteiger charge is -2.06. The highest BCUT2D eigenvalue weighted by Crippen LogP contribution is 2.20. The number of ketones is 2. The van der Waals surface area contributed by atoms with E-state index in [0.717, 1.165) is 0 Å². The molecule has 3 rings (SSSR count). The van der Waals surface area contributed by atoms with Gasteiger partial charge in [-0.15, -0.1) is 0 Å². The topological polar surface area (TPSA) is 59.9 Å². The van der Waals surface area contributed by atoms with E-state index < -0.39 is 11.6 Å². The lowest BCUT2D eigenvalue weighted by Crippen LogP contribution is -2.16. The van der Waals surface area contributed by atoms with E-state index in [1.807, 2.05) is 6.07 Å². The van der Waals surface area contributed by atoms with Gasteiger partial charge < -0.3 is 0 Å². The van der Waals surface area contributed by atoms with Gasteiger partial charge in [-0.25, -0.2) is 0 Å². The van der Waals surface area contributed by atoms with Crippen LogP contribution < -0.4 is 0 Å². The molecule has 0 amide bonds. The Morgan fingerprint density at radius 3 is 2.14 bits per heavy atom. The minimum absolute atomic E-state index is 0.259. The predicted octanol–water partition coefficient (Wildman–Crippen LogP) is 3.21. The number of hydrogen-bond acceptors (Lipinski definition) is 4. The molecule has 0 aliphatic heterocycles. The van der Waals surface area contributed by atoms with Crippen molar-refractivity contribution in [1.82, 2.24) is 9.97 Å². The molecule has 0 aliphatic carbocycles. The van der Waals surface area contributed by atoms with E-state index in [2.05, 4.69) is 9.97 Å². The molecule has 4 nitrogen and oxygen atoms in total. The van der Waals surface area contributed by atoms with Crippen LogP contribution in [0.4, 0.5) is 0 Å². The van der Waals surface area contributed by atoms with Gasteiger partial charge in [0, 0.05) is 18.0 Å². The first-order valence-electron chi connectivity index (χ1n) is 6.78. The first-order valence-corrected chi connectivity index (χ1v) is 6.78. The summed E-state index contributed by atoms with van der Waals surface area (Å²) in [7, 11) is 0. The zero-order valence-corrected chi connectivity index (χ0v) is 11.6. The summed E-state index contributed by atoms with van der Waals surface area (Å²) >= 11 is 0. The Labute approximate surface area is 127 Å². The van der Waals surface area contributed by atoms with Gasteiger partial charge in [0.15, 0.2) is 0 Å². The molecule has 0 saturated heterocycles. The van der Waals surface area contributed by atoms with Crippen molar-refractivity contribution in [2.45, 2.75) is 0 Å². The zero-order valence-electron chi connectivity index (χ0n) is 11.6. The van der Waals surface area contributed by atoms with Crippen molar-refractivity contribution in [2.24, 2.45) is 0 Å². The minimum atomic E-state index is -0.583. The molecule has 0 aliphatic rings. The van der Waals surface area contributed by atoms with Gasteiger partial charge in [-0.05, 0) is 24.3 Å². The number of benzene rings is 1. The zero-order chi connectivity index (χ0) is 15.4. The summed E-state index contributed by atoms with van der Waals surface area (Å²) in [6.07, 6.45) is 3.20. The van der Waals surface area contributed by atoms with E-state index in [1.165, 1.54) is 0 Å². The molecule has 0 saturated carbocycles. The summed E-state index contributed by atoms with van der Waals surface area (Å²) < 4.78 is 0. The standard InChI is InChI=1S/C18H12N2O2/c21-17(13-7-2-1-3-8-13)18(22)14-9-6-12-20-16(14)15-10-4-5-11-19-15/h1-12H. The summed E-state index contributed by atoms with van der Waals surface area (Å²) in [4.78, 5) is 33.3. The smallest absolute Gasteiger partial charge is 0.235 e. The van der Waals surface area contributed by atoms with E-state index in [0.29, 0.717) is 17.0 Å². The maximum absolute atomic E-state index is 12.5. The lowest BCUT2D eigenvalue weighted by atomic mass is 9.99. The first kappa shape index (κ1) is 13.8. The molecule has 0 spiro atoms. The number of aromatic nitrogens is 2. The Kier molecular flexibility index (Phi) is 3.83. The van der Waals surface area contributed by atoms with E-state index >= 15 is 0 Å². The number of rotatable bonds is 4. The van der Waals surface area contributed by atoms with E-state index in [9.17, 15) is 9.59 Å². The van der Waals surface area contributed by atoms with Crippen molar-refractivity contribution in [1.29, 1.82) is 0 Å². The molecule has 106 valence electrons. The lowest BCUT2D eigenvalue weighted by molar-refractivity contribution is 0.0817. The van der Waals surface area contributed by atoms with Crippen molar-refractivity contribution in [2.75, 3.05) is 0 Å². The second kappa shape index (κ2) is 6.10. The highest BCUT2D eigenvalue weighted by atomic mass is 16.2. The van der Waals surface area contributed by atoms with Crippen LogP contribution in [0.3, 0.4) is 0 Å². The van der Waals surface area contributed by atoms with Gasteiger partial charge in [0.25, 0.3) is 0 Å². The molecule has 4 heteroatoms. The second-order valence-corrected chi connectivity index (χ2v) is 4.64. The summed E-state index contributed by atoms with van der Waals surface area (Å²) in [6, 6.07) is 17.1. The minimum Gasteiger partial charge on any atom is -0.285 e. The summed E-state index contributed by atoms with van der Waals surface area (Å²) in [5.41, 5.74) is 1.60. The number of carbonyl (C=O) groups is 2. The van der Waals surface area contributed by atoms with Crippen LogP contribution >= 0.6 is 0 Å². The largest absolute Gasteiger partial charge is 0.285 e. The van der Waals surface area contributed by atoms with Crippen LogP contribution in [0.2, 0.25) is 0 Å². The predicted molar refractivity (Wildman–Crippen MR) is 82.6 cm³/mol. The number of hydrogen-bond donors (Lipinski definition) is 0. The Hall–Kier alpha value is -3.14. The van der Waals surface area contributed by atoms with Crippen LogP contribution in [0.5, 0.6) is 0 Å². The molecule has 0 unspecified atom stereocenters. The summed E-state index contributed by atoms with van der Waals surface area (Å²) in [5.74, 6) is -1.13. The summed E-state index contributed by atoms with van der Waals surface area (Å²) in [5, 5.41) is 0. The van der Waals surface area contributed by atoms with Gasteiger partial charge >= 0.3 is 0 Å². The fraction of sp³-hybridized carbons (Fsp3) is 0. The molecule has 2 heterocycles. The third-order valence-electron chi connectivity index (χ3n) is 3.20. The normalized spacial score (nSPS) is 10.2. The van der Waals surface area contributed by atoms with Crippen LogP contribution in [0, 0.1) is 0 Å². The Morgan fingerprint density at radius 2 is 1.41 bits per heavy atom. The van der Waals surface area contributed by atoms with Crippen molar-refractivity contribution < 1.29 is 9.59 Å². The monoisotopic (exact) mass is 288 g/mol. The quantitative estimate of drug-likeness (QED) is 0.546. The molecule has 1 aromatic carbocycles. The average Bonchev–Trinajstić information content (AvgIpc) is 2.62. The summed E-state index contributed by atoms with van der Waals surface area (Å²) in [6.45, 7) is 0. The van der Waals surface area contributed by atoms with Crippen molar-refractivity contribution in [3.8, 4) is 11.4 Å². The Bertz CT molecular complexity index is 815. The van der Waals surface area contributed by atoms with Gasteiger partial charge in [-0.2, -0.15) is 0 Å².